The first-order valence-corrected chi connectivity index (χ1v) is 4.90. The number of hydrogen-bond acceptors (Lipinski definition) is 4. The number of halogens is 3. The molecule has 0 unspecified atom stereocenters. The number of alkyl halides is 3. The second-order valence-corrected chi connectivity index (χ2v) is 3.30. The lowest BCUT2D eigenvalue weighted by molar-refractivity contribution is -0.120. The van der Waals surface area contributed by atoms with Crippen LogP contribution in [0.25, 0.3) is 0 Å². The highest BCUT2D eigenvalue weighted by Gasteiger charge is 2.31. The van der Waals surface area contributed by atoms with Crippen LogP contribution < -0.4 is 9.64 Å². The molecule has 1 aromatic rings. The second kappa shape index (κ2) is 5.72. The molecule has 0 aliphatic carbocycles. The second-order valence-electron chi connectivity index (χ2n) is 3.30. The maximum atomic E-state index is 12.3. The zero-order valence-electron chi connectivity index (χ0n) is 9.24. The van der Waals surface area contributed by atoms with Crippen molar-refractivity contribution in [2.75, 3.05) is 31.7 Å². The normalized spacial score (nSPS) is 11.4. The van der Waals surface area contributed by atoms with Crippen molar-refractivity contribution in [1.29, 1.82) is 0 Å². The molecule has 17 heavy (non-hydrogen) atoms. The molecule has 0 aromatic carbocycles. The largest absolute Gasteiger partial charge is 0.481 e. The number of nitrogens with zero attached hydrogens (tertiary/aromatic N) is 2. The molecule has 0 aliphatic heterocycles. The minimum Gasteiger partial charge on any atom is -0.481 e. The van der Waals surface area contributed by atoms with Crippen LogP contribution in [-0.2, 0) is 0 Å². The summed E-state index contributed by atoms with van der Waals surface area (Å²) >= 11 is 0. The van der Waals surface area contributed by atoms with Crippen LogP contribution in [0.1, 0.15) is 0 Å². The molecule has 0 fully saturated rings. The van der Waals surface area contributed by atoms with E-state index in [1.54, 1.807) is 6.07 Å². The smallest absolute Gasteiger partial charge is 0.405 e. The summed E-state index contributed by atoms with van der Waals surface area (Å²) in [5.74, 6) is 0.350. The third-order valence-corrected chi connectivity index (χ3v) is 1.98. The van der Waals surface area contributed by atoms with Crippen molar-refractivity contribution in [1.82, 2.24) is 4.98 Å². The fraction of sp³-hybridized carbons (Fsp3) is 0.500. The molecule has 1 N–H and O–H groups in total. The number of anilines is 1. The van der Waals surface area contributed by atoms with Gasteiger partial charge in [0.1, 0.15) is 12.4 Å². The first kappa shape index (κ1) is 13.6. The van der Waals surface area contributed by atoms with Crippen molar-refractivity contribution in [2.45, 2.75) is 6.18 Å². The van der Waals surface area contributed by atoms with E-state index >= 15 is 0 Å². The van der Waals surface area contributed by atoms with Crippen LogP contribution in [0.15, 0.2) is 18.2 Å². The monoisotopic (exact) mass is 250 g/mol. The Balaban J connectivity index is 2.88. The molecule has 7 heteroatoms. The molecule has 0 radical (unpaired) electrons. The fourth-order valence-electron chi connectivity index (χ4n) is 1.31. The molecular weight excluding hydrogens is 237 g/mol. The highest BCUT2D eigenvalue weighted by Crippen LogP contribution is 2.21. The van der Waals surface area contributed by atoms with Gasteiger partial charge in [0.2, 0.25) is 5.88 Å². The third kappa shape index (κ3) is 4.48. The predicted octanol–water partition coefficient (Wildman–Crippen LogP) is 1.45. The average molecular weight is 250 g/mol. The molecule has 0 aliphatic rings. The van der Waals surface area contributed by atoms with E-state index in [4.69, 9.17) is 9.84 Å². The minimum atomic E-state index is -4.35. The number of methoxy groups -OCH3 is 1. The zero-order valence-corrected chi connectivity index (χ0v) is 9.24. The fourth-order valence-corrected chi connectivity index (χ4v) is 1.31. The van der Waals surface area contributed by atoms with Crippen molar-refractivity contribution in [3.05, 3.63) is 18.2 Å². The van der Waals surface area contributed by atoms with Crippen LogP contribution in [-0.4, -0.2) is 43.1 Å². The van der Waals surface area contributed by atoms with E-state index in [0.29, 0.717) is 0 Å². The van der Waals surface area contributed by atoms with Crippen LogP contribution in [0.2, 0.25) is 0 Å². The molecule has 1 heterocycles. The molecule has 0 bridgehead atoms. The maximum Gasteiger partial charge on any atom is 0.405 e. The van der Waals surface area contributed by atoms with E-state index in [0.717, 1.165) is 4.90 Å². The first-order chi connectivity index (χ1) is 7.96. The van der Waals surface area contributed by atoms with E-state index < -0.39 is 12.7 Å². The Kier molecular flexibility index (Phi) is 4.56. The Hall–Kier alpha value is -1.50. The molecule has 0 saturated heterocycles. The maximum absolute atomic E-state index is 12.3. The van der Waals surface area contributed by atoms with Gasteiger partial charge < -0.3 is 14.7 Å². The van der Waals surface area contributed by atoms with Crippen molar-refractivity contribution >= 4 is 5.82 Å². The Bertz CT molecular complexity index is 358. The van der Waals surface area contributed by atoms with Gasteiger partial charge in [-0.2, -0.15) is 18.2 Å². The summed E-state index contributed by atoms with van der Waals surface area (Å²) in [6, 6.07) is 4.51. The van der Waals surface area contributed by atoms with Gasteiger partial charge in [-0.1, -0.05) is 6.07 Å². The quantitative estimate of drug-likeness (QED) is 0.859. The molecule has 0 saturated carbocycles. The van der Waals surface area contributed by atoms with Crippen molar-refractivity contribution in [3.63, 3.8) is 0 Å². The molecule has 0 spiro atoms. The Morgan fingerprint density at radius 2 is 2.12 bits per heavy atom. The first-order valence-electron chi connectivity index (χ1n) is 4.90. The van der Waals surface area contributed by atoms with Crippen LogP contribution in [0, 0.1) is 0 Å². The number of aromatic nitrogens is 1. The van der Waals surface area contributed by atoms with Crippen molar-refractivity contribution in [2.24, 2.45) is 0 Å². The van der Waals surface area contributed by atoms with Gasteiger partial charge in [0.25, 0.3) is 0 Å². The van der Waals surface area contributed by atoms with Crippen LogP contribution in [0.4, 0.5) is 19.0 Å². The van der Waals surface area contributed by atoms with E-state index in [1.165, 1.54) is 19.2 Å². The highest BCUT2D eigenvalue weighted by atomic mass is 19.4. The molecular formula is C10H13F3N2O2. The highest BCUT2D eigenvalue weighted by molar-refractivity contribution is 5.40. The van der Waals surface area contributed by atoms with Crippen LogP contribution in [0.5, 0.6) is 5.88 Å². The molecule has 4 nitrogen and oxygen atoms in total. The summed E-state index contributed by atoms with van der Waals surface area (Å²) in [5.41, 5.74) is 0. The van der Waals surface area contributed by atoms with Gasteiger partial charge >= 0.3 is 6.18 Å². The van der Waals surface area contributed by atoms with Gasteiger partial charge in [-0.3, -0.25) is 0 Å². The predicted molar refractivity (Wildman–Crippen MR) is 56.1 cm³/mol. The Labute approximate surface area is 96.6 Å². The summed E-state index contributed by atoms with van der Waals surface area (Å²) in [6.45, 7) is -1.68. The summed E-state index contributed by atoms with van der Waals surface area (Å²) in [6.07, 6.45) is -4.35. The van der Waals surface area contributed by atoms with Crippen molar-refractivity contribution in [3.8, 4) is 5.88 Å². The standard InChI is InChI=1S/C10H13F3N2O2/c1-17-9-4-2-3-8(14-9)15(5-6-16)7-10(11,12)13/h2-4,16H,5-7H2,1H3. The van der Waals surface area contributed by atoms with Crippen molar-refractivity contribution < 1.29 is 23.0 Å². The van der Waals surface area contributed by atoms with E-state index in [-0.39, 0.29) is 24.8 Å². The number of ether oxygens (including phenoxy) is 1. The SMILES string of the molecule is COc1cccc(N(CCO)CC(F)(F)F)n1. The average Bonchev–Trinajstić information content (AvgIpc) is 2.27. The van der Waals surface area contributed by atoms with Gasteiger partial charge in [-0.15, -0.1) is 0 Å². The zero-order chi connectivity index (χ0) is 12.9. The summed E-state index contributed by atoms with van der Waals surface area (Å²) in [4.78, 5) is 4.83. The van der Waals surface area contributed by atoms with Gasteiger partial charge in [-0.05, 0) is 6.07 Å². The van der Waals surface area contributed by atoms with E-state index in [9.17, 15) is 13.2 Å². The number of pyridine rings is 1. The molecule has 1 aromatic heterocycles. The van der Waals surface area contributed by atoms with Gasteiger partial charge in [0.05, 0.1) is 13.7 Å². The van der Waals surface area contributed by atoms with E-state index in [2.05, 4.69) is 4.98 Å². The topological polar surface area (TPSA) is 45.6 Å². The van der Waals surface area contributed by atoms with E-state index in [1.807, 2.05) is 0 Å². The number of hydrogen-bond donors (Lipinski definition) is 1. The van der Waals surface area contributed by atoms with Crippen LogP contribution in [0.3, 0.4) is 0 Å². The number of rotatable bonds is 5. The lowest BCUT2D eigenvalue weighted by Gasteiger charge is -2.24. The summed E-state index contributed by atoms with van der Waals surface area (Å²) in [7, 11) is 1.38. The molecule has 1 rings (SSSR count). The number of aliphatic hydroxyl groups is 1. The summed E-state index contributed by atoms with van der Waals surface area (Å²) < 4.78 is 41.8. The molecule has 0 atom stereocenters. The minimum absolute atomic E-state index is 0.121. The lowest BCUT2D eigenvalue weighted by atomic mass is 10.4. The van der Waals surface area contributed by atoms with Crippen LogP contribution >= 0.6 is 0 Å². The summed E-state index contributed by atoms with van der Waals surface area (Å²) in [5, 5.41) is 8.75. The molecule has 0 amide bonds. The van der Waals surface area contributed by atoms with Gasteiger partial charge in [0.15, 0.2) is 0 Å². The third-order valence-electron chi connectivity index (χ3n) is 1.98. The lowest BCUT2D eigenvalue weighted by Crippen LogP contribution is -2.36. The molecule has 96 valence electrons. The Morgan fingerprint density at radius 1 is 1.41 bits per heavy atom. The van der Waals surface area contributed by atoms with Gasteiger partial charge in [0, 0.05) is 12.6 Å². The number of aliphatic hydroxyl groups excluding tert-OH is 1. The Morgan fingerprint density at radius 3 is 2.65 bits per heavy atom. The van der Waals surface area contributed by atoms with Gasteiger partial charge in [-0.25, -0.2) is 0 Å².